The number of thiophene rings is 2. The van der Waals surface area contributed by atoms with Crippen LogP contribution in [0, 0.1) is 32.6 Å². The van der Waals surface area contributed by atoms with Gasteiger partial charge in [-0.15, -0.1) is 88.5 Å². The Labute approximate surface area is 413 Å². The minimum atomic E-state index is 0. The minimum Gasteiger partial charge on any atom is -0.488 e. The van der Waals surface area contributed by atoms with Crippen LogP contribution in [0.15, 0.2) is 206 Å². The number of hydrogen-bond donors (Lipinski definition) is 0. The van der Waals surface area contributed by atoms with E-state index in [1.54, 1.807) is 0 Å². The van der Waals surface area contributed by atoms with Crippen LogP contribution in [0.25, 0.3) is 59.7 Å². The van der Waals surface area contributed by atoms with Crippen molar-refractivity contribution in [2.75, 3.05) is 9.80 Å². The monoisotopic (exact) mass is 1080 g/mol. The normalized spacial score (nSPS) is 12.1. The predicted octanol–water partition coefficient (Wildman–Crippen LogP) is 16.3. The van der Waals surface area contributed by atoms with Crippen molar-refractivity contribution in [2.45, 2.75) is 13.8 Å². The number of aromatic nitrogens is 2. The van der Waals surface area contributed by atoms with Crippen LogP contribution in [0.5, 0.6) is 0 Å². The molecule has 0 amide bonds. The molecular formula is C60H41N4PtS2-3. The molecule has 0 aliphatic carbocycles. The van der Waals surface area contributed by atoms with Crippen LogP contribution in [-0.2, 0) is 21.1 Å². The van der Waals surface area contributed by atoms with Crippen molar-refractivity contribution in [3.63, 3.8) is 0 Å². The Morgan fingerprint density at radius 1 is 0.507 bits per heavy atom. The SMILES string of the molecule is Cc1ccc(-c2cccc(C(=C(c3[c-]c(N4[CH-]N(c5ccccc5)c5ccccc54)ccc3)c3[c-]c4c(cc3)c3ccccc3n4-c3ccccn3)c3cccc(-c4ccc(C)s4)c3)c2)s1.[Pt]. The molecule has 0 fully saturated rings. The molecule has 0 spiro atoms. The topological polar surface area (TPSA) is 24.3 Å². The molecule has 11 aromatic rings. The molecule has 7 aromatic carbocycles. The Hall–Kier alpha value is -7.08. The van der Waals surface area contributed by atoms with Crippen LogP contribution in [0.4, 0.5) is 22.7 Å². The fourth-order valence-corrected chi connectivity index (χ4v) is 11.0. The van der Waals surface area contributed by atoms with Crippen molar-refractivity contribution in [3.8, 4) is 26.7 Å². The molecule has 0 saturated carbocycles. The second-order valence-corrected chi connectivity index (χ2v) is 19.1. The van der Waals surface area contributed by atoms with Crippen LogP contribution in [-0.4, -0.2) is 9.55 Å². The van der Waals surface area contributed by atoms with Gasteiger partial charge in [0.05, 0.1) is 0 Å². The Morgan fingerprint density at radius 2 is 1.13 bits per heavy atom. The molecule has 12 rings (SSSR count). The minimum absolute atomic E-state index is 0. The van der Waals surface area contributed by atoms with Crippen LogP contribution in [0.3, 0.4) is 0 Å². The maximum absolute atomic E-state index is 4.88. The number of anilines is 4. The van der Waals surface area contributed by atoms with Crippen molar-refractivity contribution in [2.24, 2.45) is 0 Å². The Balaban J connectivity index is 0.00000494. The van der Waals surface area contributed by atoms with Gasteiger partial charge in [-0.2, -0.15) is 0 Å². The zero-order valence-electron chi connectivity index (χ0n) is 36.6. The van der Waals surface area contributed by atoms with Crippen molar-refractivity contribution in [1.29, 1.82) is 0 Å². The molecule has 4 aromatic heterocycles. The van der Waals surface area contributed by atoms with Gasteiger partial charge in [-0.3, -0.25) is 0 Å². The number of benzene rings is 7. The molecule has 1 aliphatic rings. The van der Waals surface area contributed by atoms with Crippen molar-refractivity contribution in [3.05, 3.63) is 257 Å². The van der Waals surface area contributed by atoms with E-state index in [-0.39, 0.29) is 21.1 Å². The second kappa shape index (κ2) is 18.0. The van der Waals surface area contributed by atoms with E-state index in [0.717, 1.165) is 83.8 Å². The first-order chi connectivity index (χ1) is 32.5. The van der Waals surface area contributed by atoms with Crippen molar-refractivity contribution >= 4 is 78.4 Å². The van der Waals surface area contributed by atoms with Gasteiger partial charge in [0.2, 0.25) is 0 Å². The molecule has 0 bridgehead atoms. The maximum Gasteiger partial charge on any atom is 0.136 e. The third kappa shape index (κ3) is 7.85. The van der Waals surface area contributed by atoms with Crippen LogP contribution in [0.1, 0.15) is 32.0 Å². The Bertz CT molecular complexity index is 3540. The molecule has 326 valence electrons. The summed E-state index contributed by atoms with van der Waals surface area (Å²) in [4.78, 5) is 14.5. The van der Waals surface area contributed by atoms with E-state index in [1.807, 2.05) is 41.0 Å². The number of aryl methyl sites for hydroxylation is 2. The summed E-state index contributed by atoms with van der Waals surface area (Å²) in [7, 11) is 0. The zero-order valence-corrected chi connectivity index (χ0v) is 40.5. The summed E-state index contributed by atoms with van der Waals surface area (Å²) in [6.07, 6.45) is 1.86. The number of para-hydroxylation sites is 4. The van der Waals surface area contributed by atoms with E-state index < -0.39 is 0 Å². The van der Waals surface area contributed by atoms with Gasteiger partial charge in [0.1, 0.15) is 5.82 Å². The van der Waals surface area contributed by atoms with Gasteiger partial charge in [-0.05, 0) is 131 Å². The predicted molar refractivity (Wildman–Crippen MR) is 278 cm³/mol. The fraction of sp³-hybridized carbons (Fsp3) is 0.0333. The molecular weight excluding hydrogens is 1040 g/mol. The first-order valence-corrected chi connectivity index (χ1v) is 23.7. The number of fused-ring (bicyclic) bond motifs is 4. The molecule has 0 saturated heterocycles. The van der Waals surface area contributed by atoms with Crippen LogP contribution < -0.4 is 9.80 Å². The summed E-state index contributed by atoms with van der Waals surface area (Å²) in [5.41, 5.74) is 14.9. The summed E-state index contributed by atoms with van der Waals surface area (Å²) < 4.78 is 2.25. The van der Waals surface area contributed by atoms with Gasteiger partial charge in [-0.25, -0.2) is 4.98 Å². The smallest absolute Gasteiger partial charge is 0.136 e. The summed E-state index contributed by atoms with van der Waals surface area (Å²) in [5, 5.41) is 2.28. The van der Waals surface area contributed by atoms with Gasteiger partial charge in [-0.1, -0.05) is 102 Å². The molecule has 0 unspecified atom stereocenters. The summed E-state index contributed by atoms with van der Waals surface area (Å²) in [6, 6.07) is 79.9. The van der Waals surface area contributed by atoms with Crippen LogP contribution in [0.2, 0.25) is 0 Å². The molecule has 0 N–H and O–H groups in total. The number of hydrogen-bond acceptors (Lipinski definition) is 5. The number of pyridine rings is 1. The van der Waals surface area contributed by atoms with Gasteiger partial charge in [0.15, 0.2) is 0 Å². The van der Waals surface area contributed by atoms with E-state index in [2.05, 4.69) is 235 Å². The van der Waals surface area contributed by atoms with E-state index in [1.165, 1.54) is 30.6 Å². The maximum atomic E-state index is 4.88. The molecule has 7 heteroatoms. The average molecular weight is 1080 g/mol. The van der Waals surface area contributed by atoms with Gasteiger partial charge < -0.3 is 14.4 Å². The fourth-order valence-electron chi connectivity index (χ4n) is 9.31. The quantitative estimate of drug-likeness (QED) is 0.106. The molecule has 0 radical (unpaired) electrons. The second-order valence-electron chi connectivity index (χ2n) is 16.5. The van der Waals surface area contributed by atoms with E-state index >= 15 is 0 Å². The van der Waals surface area contributed by atoms with Crippen molar-refractivity contribution < 1.29 is 21.1 Å². The molecule has 67 heavy (non-hydrogen) atoms. The van der Waals surface area contributed by atoms with Crippen molar-refractivity contribution in [1.82, 2.24) is 9.55 Å². The summed E-state index contributed by atoms with van der Waals surface area (Å²) in [6.45, 7) is 6.53. The first-order valence-electron chi connectivity index (χ1n) is 22.1. The number of nitrogens with zero attached hydrogens (tertiary/aromatic N) is 4. The van der Waals surface area contributed by atoms with E-state index in [4.69, 9.17) is 4.98 Å². The number of rotatable bonds is 9. The van der Waals surface area contributed by atoms with Crippen LogP contribution >= 0.6 is 22.7 Å². The summed E-state index contributed by atoms with van der Waals surface area (Å²) in [5.74, 6) is 0.848. The molecule has 5 heterocycles. The molecule has 4 nitrogen and oxygen atoms in total. The van der Waals surface area contributed by atoms with Gasteiger partial charge >= 0.3 is 0 Å². The van der Waals surface area contributed by atoms with Gasteiger partial charge in [0.25, 0.3) is 0 Å². The standard InChI is InChI=1S/C60H41N4S2.Pt/c1-40-28-32-56(65-40)42-15-12-17-44(35-42)59(45-18-13-16-43(36-45)57-33-29-41(2)66-57)60(47-30-31-51-50-23-6-7-24-52(50)64(55(51)38-47)58-27-10-11-34-61-58)46-19-14-22-49(37-46)63-39-62(48-20-4-3-5-21-48)53-25-8-9-26-54(53)63;/h3-36,39H,1-2H3;/q-3;. The third-order valence-electron chi connectivity index (χ3n) is 12.3. The third-order valence-corrected chi connectivity index (χ3v) is 14.4. The Morgan fingerprint density at radius 3 is 1.81 bits per heavy atom. The van der Waals surface area contributed by atoms with E-state index in [0.29, 0.717) is 0 Å². The summed E-state index contributed by atoms with van der Waals surface area (Å²) >= 11 is 3.65. The van der Waals surface area contributed by atoms with E-state index in [9.17, 15) is 0 Å². The average Bonchev–Trinajstić information content (AvgIpc) is 4.18. The molecule has 0 atom stereocenters. The first kappa shape index (κ1) is 42.5. The van der Waals surface area contributed by atoms with Gasteiger partial charge in [0, 0.05) is 69.3 Å². The largest absolute Gasteiger partial charge is 0.488 e. The molecule has 1 aliphatic heterocycles. The Kier molecular flexibility index (Phi) is 11.4. The zero-order chi connectivity index (χ0) is 44.1.